The lowest BCUT2D eigenvalue weighted by atomic mass is 10.1. The van der Waals surface area contributed by atoms with Crippen molar-refractivity contribution in [3.05, 3.63) is 103 Å². The fraction of sp³-hybridized carbons (Fsp3) is 0.0769. The Morgan fingerprint density at radius 1 is 0.788 bits per heavy atom. The van der Waals surface area contributed by atoms with E-state index in [9.17, 15) is 4.39 Å². The molecule has 3 aromatic heterocycles. The normalized spacial score (nSPS) is 10.8. The molecule has 5 aromatic rings. The zero-order valence-corrected chi connectivity index (χ0v) is 17.6. The molecule has 3 heterocycles. The number of benzene rings is 2. The molecule has 6 nitrogen and oxygen atoms in total. The Hall–Kier alpha value is -4.39. The number of halogens is 1. The summed E-state index contributed by atoms with van der Waals surface area (Å²) in [5.41, 5.74) is 3.91. The summed E-state index contributed by atoms with van der Waals surface area (Å²) in [6.45, 7) is 0.691. The molecule has 33 heavy (non-hydrogen) atoms. The number of oxazole rings is 1. The van der Waals surface area contributed by atoms with Crippen LogP contribution < -0.4 is 5.32 Å². The first-order chi connectivity index (χ1) is 16.3. The molecule has 0 fully saturated rings. The van der Waals surface area contributed by atoms with Gasteiger partial charge in [0.25, 0.3) is 0 Å². The zero-order chi connectivity index (χ0) is 22.5. The number of pyridine rings is 1. The summed E-state index contributed by atoms with van der Waals surface area (Å²) >= 11 is 0. The molecule has 0 amide bonds. The molecule has 0 aliphatic carbocycles. The van der Waals surface area contributed by atoms with Gasteiger partial charge in [-0.15, -0.1) is 0 Å². The molecule has 1 N–H and O–H groups in total. The quantitative estimate of drug-likeness (QED) is 0.354. The van der Waals surface area contributed by atoms with E-state index in [4.69, 9.17) is 9.40 Å². The Balaban J connectivity index is 1.46. The highest BCUT2D eigenvalue weighted by Gasteiger charge is 2.19. The highest BCUT2D eigenvalue weighted by Crippen LogP contribution is 2.35. The number of hydrogen-bond donors (Lipinski definition) is 1. The summed E-state index contributed by atoms with van der Waals surface area (Å²) in [6, 6.07) is 21.8. The van der Waals surface area contributed by atoms with E-state index in [-0.39, 0.29) is 5.82 Å². The number of anilines is 1. The van der Waals surface area contributed by atoms with Crippen LogP contribution in [0, 0.1) is 5.82 Å². The second kappa shape index (κ2) is 9.40. The van der Waals surface area contributed by atoms with E-state index in [1.54, 1.807) is 36.8 Å². The van der Waals surface area contributed by atoms with Crippen LogP contribution in [0.15, 0.2) is 95.8 Å². The van der Waals surface area contributed by atoms with Gasteiger partial charge in [0.15, 0.2) is 5.76 Å². The predicted molar refractivity (Wildman–Crippen MR) is 125 cm³/mol. The zero-order valence-electron chi connectivity index (χ0n) is 17.6. The lowest BCUT2D eigenvalue weighted by Gasteiger charge is -2.06. The minimum atomic E-state index is -0.315. The van der Waals surface area contributed by atoms with E-state index in [0.29, 0.717) is 35.5 Å². The largest absolute Gasteiger partial charge is 0.434 e. The fourth-order valence-corrected chi connectivity index (χ4v) is 3.45. The Kier molecular flexibility index (Phi) is 5.84. The van der Waals surface area contributed by atoms with E-state index < -0.39 is 0 Å². The first kappa shape index (κ1) is 20.5. The molecule has 0 saturated heterocycles. The van der Waals surface area contributed by atoms with Crippen LogP contribution in [0.4, 0.5) is 10.3 Å². The van der Waals surface area contributed by atoms with Crippen LogP contribution in [0.25, 0.3) is 34.2 Å². The van der Waals surface area contributed by atoms with Crippen molar-refractivity contribution in [2.24, 2.45) is 0 Å². The van der Waals surface area contributed by atoms with Gasteiger partial charge in [0.05, 0.1) is 0 Å². The Bertz CT molecular complexity index is 1340. The maximum atomic E-state index is 13.5. The second-order valence-corrected chi connectivity index (χ2v) is 7.37. The van der Waals surface area contributed by atoms with Crippen LogP contribution in [0.1, 0.15) is 5.56 Å². The fourth-order valence-electron chi connectivity index (χ4n) is 3.45. The molecule has 0 saturated carbocycles. The molecule has 7 heteroatoms. The van der Waals surface area contributed by atoms with Crippen LogP contribution >= 0.6 is 0 Å². The van der Waals surface area contributed by atoms with Crippen LogP contribution in [0.5, 0.6) is 0 Å². The molecule has 0 aliphatic rings. The standard InChI is InChI=1S/C26H20FN5O/c27-21-8-6-19(7-9-21)23-24(33-25(32-23)20-11-14-28-15-12-20)22-13-17-30-26(31-22)29-16-10-18-4-2-1-3-5-18/h1-9,11-15,17H,10,16H2,(H,29,30,31). The molecule has 0 spiro atoms. The van der Waals surface area contributed by atoms with E-state index in [0.717, 1.165) is 17.5 Å². The summed E-state index contributed by atoms with van der Waals surface area (Å²) < 4.78 is 19.7. The second-order valence-electron chi connectivity index (χ2n) is 7.37. The molecule has 0 bridgehead atoms. The third-order valence-corrected chi connectivity index (χ3v) is 5.10. The Morgan fingerprint density at radius 3 is 2.36 bits per heavy atom. The van der Waals surface area contributed by atoms with Crippen LogP contribution in [-0.2, 0) is 6.42 Å². The number of nitrogens with zero attached hydrogens (tertiary/aromatic N) is 4. The van der Waals surface area contributed by atoms with Crippen molar-refractivity contribution in [2.45, 2.75) is 6.42 Å². The van der Waals surface area contributed by atoms with Gasteiger partial charge in [-0.2, -0.15) is 0 Å². The lowest BCUT2D eigenvalue weighted by molar-refractivity contribution is 0.586. The number of aromatic nitrogens is 4. The van der Waals surface area contributed by atoms with Crippen LogP contribution in [-0.4, -0.2) is 26.5 Å². The highest BCUT2D eigenvalue weighted by atomic mass is 19.1. The van der Waals surface area contributed by atoms with Crippen molar-refractivity contribution in [1.82, 2.24) is 19.9 Å². The van der Waals surface area contributed by atoms with E-state index in [1.165, 1.54) is 17.7 Å². The first-order valence-corrected chi connectivity index (χ1v) is 10.5. The van der Waals surface area contributed by atoms with Crippen molar-refractivity contribution in [3.8, 4) is 34.2 Å². The van der Waals surface area contributed by atoms with Crippen LogP contribution in [0.2, 0.25) is 0 Å². The first-order valence-electron chi connectivity index (χ1n) is 10.5. The van der Waals surface area contributed by atoms with Gasteiger partial charge >= 0.3 is 0 Å². The summed E-state index contributed by atoms with van der Waals surface area (Å²) in [4.78, 5) is 17.7. The molecular formula is C26H20FN5O. The van der Waals surface area contributed by atoms with Crippen molar-refractivity contribution < 1.29 is 8.81 Å². The summed E-state index contributed by atoms with van der Waals surface area (Å²) in [5.74, 6) is 1.10. The molecular weight excluding hydrogens is 417 g/mol. The topological polar surface area (TPSA) is 76.7 Å². The SMILES string of the molecule is Fc1ccc(-c2nc(-c3ccncc3)oc2-c2ccnc(NCCc3ccccc3)n2)cc1. The van der Waals surface area contributed by atoms with Crippen molar-refractivity contribution >= 4 is 5.95 Å². The molecule has 0 radical (unpaired) electrons. The minimum absolute atomic E-state index is 0.315. The van der Waals surface area contributed by atoms with Crippen molar-refractivity contribution in [1.29, 1.82) is 0 Å². The summed E-state index contributed by atoms with van der Waals surface area (Å²) in [6.07, 6.45) is 5.88. The number of rotatable bonds is 7. The molecule has 5 rings (SSSR count). The molecule has 0 atom stereocenters. The maximum absolute atomic E-state index is 13.5. The lowest BCUT2D eigenvalue weighted by Crippen LogP contribution is -2.08. The summed E-state index contributed by atoms with van der Waals surface area (Å²) in [7, 11) is 0. The molecule has 0 aliphatic heterocycles. The summed E-state index contributed by atoms with van der Waals surface area (Å²) in [5, 5.41) is 3.27. The smallest absolute Gasteiger partial charge is 0.227 e. The average Bonchev–Trinajstić information content (AvgIpc) is 3.32. The van der Waals surface area contributed by atoms with Crippen LogP contribution in [0.3, 0.4) is 0 Å². The monoisotopic (exact) mass is 437 g/mol. The number of hydrogen-bond acceptors (Lipinski definition) is 6. The predicted octanol–water partition coefficient (Wildman–Crippen LogP) is 5.65. The van der Waals surface area contributed by atoms with Gasteiger partial charge in [-0.25, -0.2) is 19.3 Å². The molecule has 162 valence electrons. The van der Waals surface area contributed by atoms with Crippen molar-refractivity contribution in [2.75, 3.05) is 11.9 Å². The molecule has 2 aromatic carbocycles. The molecule has 0 unspecified atom stereocenters. The maximum Gasteiger partial charge on any atom is 0.227 e. The van der Waals surface area contributed by atoms with Gasteiger partial charge < -0.3 is 9.73 Å². The highest BCUT2D eigenvalue weighted by molar-refractivity contribution is 5.77. The van der Waals surface area contributed by atoms with Gasteiger partial charge in [-0.05, 0) is 54.4 Å². The van der Waals surface area contributed by atoms with Crippen molar-refractivity contribution in [3.63, 3.8) is 0 Å². The van der Waals surface area contributed by atoms with E-state index >= 15 is 0 Å². The minimum Gasteiger partial charge on any atom is -0.434 e. The Morgan fingerprint density at radius 2 is 1.58 bits per heavy atom. The average molecular weight is 437 g/mol. The Labute approximate surface area is 190 Å². The van der Waals surface area contributed by atoms with Gasteiger partial charge in [0, 0.05) is 36.3 Å². The third kappa shape index (κ3) is 4.77. The van der Waals surface area contributed by atoms with Gasteiger partial charge in [-0.1, -0.05) is 30.3 Å². The van der Waals surface area contributed by atoms with E-state index in [1.807, 2.05) is 30.3 Å². The van der Waals surface area contributed by atoms with Gasteiger partial charge in [0.2, 0.25) is 11.8 Å². The van der Waals surface area contributed by atoms with Gasteiger partial charge in [-0.3, -0.25) is 4.98 Å². The van der Waals surface area contributed by atoms with Gasteiger partial charge in [0.1, 0.15) is 17.2 Å². The number of nitrogens with one attached hydrogen (secondary N) is 1. The third-order valence-electron chi connectivity index (χ3n) is 5.10. The van der Waals surface area contributed by atoms with E-state index in [2.05, 4.69) is 32.4 Å².